The van der Waals surface area contributed by atoms with Crippen molar-refractivity contribution in [1.82, 2.24) is 0 Å². The molecule has 0 unspecified atom stereocenters. The van der Waals surface area contributed by atoms with Crippen molar-refractivity contribution in [3.8, 4) is 0 Å². The smallest absolute Gasteiger partial charge is 0.248 e. The van der Waals surface area contributed by atoms with Crippen LogP contribution in [0.25, 0.3) is 6.08 Å². The summed E-state index contributed by atoms with van der Waals surface area (Å²) in [6.07, 6.45) is 3.42. The minimum Gasteiger partial charge on any atom is -0.322 e. The van der Waals surface area contributed by atoms with Crippen molar-refractivity contribution in [1.29, 1.82) is 0 Å². The fourth-order valence-electron chi connectivity index (χ4n) is 1.75. The van der Waals surface area contributed by atoms with Crippen LogP contribution in [0.5, 0.6) is 0 Å². The molecule has 0 spiro atoms. The fourth-order valence-corrected chi connectivity index (χ4v) is 2.53. The lowest BCUT2D eigenvalue weighted by atomic mass is 10.1. The molecule has 0 aliphatic rings. The monoisotopic (exact) mass is 271 g/mol. The first-order valence-corrected chi connectivity index (χ1v) is 6.99. The third kappa shape index (κ3) is 3.80. The van der Waals surface area contributed by atoms with Crippen LogP contribution in [0.3, 0.4) is 0 Å². The maximum atomic E-state index is 11.9. The van der Waals surface area contributed by atoms with Crippen LogP contribution in [0.2, 0.25) is 0 Å². The quantitative estimate of drug-likeness (QED) is 0.827. The number of carbonyl (C=O) groups excluding carboxylic acids is 1. The molecular weight excluding hydrogens is 254 g/mol. The predicted molar refractivity (Wildman–Crippen MR) is 82.6 cm³/mol. The second kappa shape index (κ2) is 5.85. The Labute approximate surface area is 117 Å². The molecular formula is C16H17NOS. The van der Waals surface area contributed by atoms with Gasteiger partial charge in [-0.1, -0.05) is 12.1 Å². The minimum atomic E-state index is -0.0975. The molecule has 1 heterocycles. The van der Waals surface area contributed by atoms with E-state index in [4.69, 9.17) is 0 Å². The van der Waals surface area contributed by atoms with Gasteiger partial charge in [0.05, 0.1) is 0 Å². The van der Waals surface area contributed by atoms with Crippen LogP contribution in [0.4, 0.5) is 5.69 Å². The average molecular weight is 271 g/mol. The Balaban J connectivity index is 2.05. The number of aryl methyl sites for hydroxylation is 3. The summed E-state index contributed by atoms with van der Waals surface area (Å²) in [6.45, 7) is 6.05. The summed E-state index contributed by atoms with van der Waals surface area (Å²) in [5.74, 6) is -0.0975. The summed E-state index contributed by atoms with van der Waals surface area (Å²) < 4.78 is 0. The summed E-state index contributed by atoms with van der Waals surface area (Å²) in [6, 6.07) is 10.1. The second-order valence-electron chi connectivity index (χ2n) is 4.59. The molecule has 1 N–H and O–H groups in total. The first-order valence-electron chi connectivity index (χ1n) is 6.17. The molecule has 0 saturated heterocycles. The normalized spacial score (nSPS) is 10.9. The number of anilines is 1. The van der Waals surface area contributed by atoms with Gasteiger partial charge in [-0.2, -0.15) is 0 Å². The lowest BCUT2D eigenvalue weighted by molar-refractivity contribution is -0.111. The number of benzene rings is 1. The Morgan fingerprint density at radius 2 is 1.95 bits per heavy atom. The molecule has 1 aromatic heterocycles. The van der Waals surface area contributed by atoms with E-state index in [1.54, 1.807) is 17.4 Å². The molecule has 0 atom stereocenters. The first kappa shape index (κ1) is 13.6. The van der Waals surface area contributed by atoms with E-state index in [0.29, 0.717) is 0 Å². The third-order valence-corrected chi connectivity index (χ3v) is 3.78. The summed E-state index contributed by atoms with van der Waals surface area (Å²) in [7, 11) is 0. The van der Waals surface area contributed by atoms with Gasteiger partial charge < -0.3 is 5.32 Å². The lowest BCUT2D eigenvalue weighted by Crippen LogP contribution is -2.08. The number of thiophene rings is 1. The largest absolute Gasteiger partial charge is 0.322 e. The Hall–Kier alpha value is -1.87. The van der Waals surface area contributed by atoms with Crippen molar-refractivity contribution in [2.45, 2.75) is 20.8 Å². The molecule has 0 fully saturated rings. The first-order chi connectivity index (χ1) is 9.04. The van der Waals surface area contributed by atoms with Gasteiger partial charge in [-0.15, -0.1) is 11.3 Å². The van der Waals surface area contributed by atoms with Crippen molar-refractivity contribution < 1.29 is 4.79 Å². The van der Waals surface area contributed by atoms with Crippen LogP contribution >= 0.6 is 11.3 Å². The number of hydrogen-bond donors (Lipinski definition) is 1. The van der Waals surface area contributed by atoms with E-state index < -0.39 is 0 Å². The van der Waals surface area contributed by atoms with Gasteiger partial charge in [-0.25, -0.2) is 0 Å². The SMILES string of the molecule is Cc1ccc(C)c(NC(=O)/C=C/c2ccc(C)s2)c1. The molecule has 0 aliphatic carbocycles. The van der Waals surface area contributed by atoms with Crippen LogP contribution < -0.4 is 5.32 Å². The number of nitrogens with one attached hydrogen (secondary N) is 1. The third-order valence-electron chi connectivity index (χ3n) is 2.81. The second-order valence-corrected chi connectivity index (χ2v) is 5.91. The number of amides is 1. The van der Waals surface area contributed by atoms with E-state index in [1.165, 1.54) is 4.88 Å². The zero-order valence-electron chi connectivity index (χ0n) is 11.4. The molecule has 0 bridgehead atoms. The van der Waals surface area contributed by atoms with Crippen molar-refractivity contribution in [3.63, 3.8) is 0 Å². The van der Waals surface area contributed by atoms with Crippen LogP contribution in [-0.2, 0) is 4.79 Å². The number of hydrogen-bond acceptors (Lipinski definition) is 2. The van der Waals surface area contributed by atoms with Gasteiger partial charge in [0.25, 0.3) is 0 Å². The van der Waals surface area contributed by atoms with Gasteiger partial charge in [0.15, 0.2) is 0 Å². The highest BCUT2D eigenvalue weighted by molar-refractivity contribution is 7.12. The van der Waals surface area contributed by atoms with Gasteiger partial charge in [0, 0.05) is 21.5 Å². The van der Waals surface area contributed by atoms with Crippen LogP contribution in [0, 0.1) is 20.8 Å². The minimum absolute atomic E-state index is 0.0975. The molecule has 2 rings (SSSR count). The average Bonchev–Trinajstić information content (AvgIpc) is 2.77. The topological polar surface area (TPSA) is 29.1 Å². The molecule has 98 valence electrons. The summed E-state index contributed by atoms with van der Waals surface area (Å²) >= 11 is 1.67. The summed E-state index contributed by atoms with van der Waals surface area (Å²) in [5.41, 5.74) is 3.08. The zero-order chi connectivity index (χ0) is 13.8. The van der Waals surface area contributed by atoms with E-state index in [9.17, 15) is 4.79 Å². The van der Waals surface area contributed by atoms with E-state index in [1.807, 2.05) is 50.3 Å². The Bertz CT molecular complexity index is 625. The molecule has 1 amide bonds. The van der Waals surface area contributed by atoms with Gasteiger partial charge in [-0.3, -0.25) is 4.79 Å². The standard InChI is InChI=1S/C16H17NOS/c1-11-4-5-12(2)15(10-11)17-16(18)9-8-14-7-6-13(3)19-14/h4-10H,1-3H3,(H,17,18)/b9-8+. The van der Waals surface area contributed by atoms with Crippen molar-refractivity contribution in [3.05, 3.63) is 57.3 Å². The molecule has 2 aromatic rings. The molecule has 19 heavy (non-hydrogen) atoms. The molecule has 3 heteroatoms. The lowest BCUT2D eigenvalue weighted by Gasteiger charge is -2.07. The molecule has 0 aliphatic heterocycles. The van der Waals surface area contributed by atoms with Crippen LogP contribution in [0.1, 0.15) is 20.9 Å². The van der Waals surface area contributed by atoms with E-state index >= 15 is 0 Å². The Morgan fingerprint density at radius 3 is 2.63 bits per heavy atom. The van der Waals surface area contributed by atoms with Crippen LogP contribution in [-0.4, -0.2) is 5.91 Å². The van der Waals surface area contributed by atoms with Crippen molar-refractivity contribution >= 4 is 29.0 Å². The predicted octanol–water partition coefficient (Wildman–Crippen LogP) is 4.33. The molecule has 1 aromatic carbocycles. The maximum absolute atomic E-state index is 11.9. The van der Waals surface area contributed by atoms with E-state index in [2.05, 4.69) is 12.2 Å². The van der Waals surface area contributed by atoms with Crippen molar-refractivity contribution in [2.24, 2.45) is 0 Å². The Morgan fingerprint density at radius 1 is 1.16 bits per heavy atom. The summed E-state index contributed by atoms with van der Waals surface area (Å²) in [5, 5.41) is 2.91. The molecule has 0 radical (unpaired) electrons. The van der Waals surface area contributed by atoms with E-state index in [-0.39, 0.29) is 5.91 Å². The van der Waals surface area contributed by atoms with Crippen LogP contribution in [0.15, 0.2) is 36.4 Å². The highest BCUT2D eigenvalue weighted by Crippen LogP contribution is 2.18. The Kier molecular flexibility index (Phi) is 4.17. The van der Waals surface area contributed by atoms with E-state index in [0.717, 1.165) is 21.7 Å². The fraction of sp³-hybridized carbons (Fsp3) is 0.188. The molecule has 2 nitrogen and oxygen atoms in total. The molecule has 0 saturated carbocycles. The van der Waals surface area contributed by atoms with Gasteiger partial charge in [0.2, 0.25) is 5.91 Å². The highest BCUT2D eigenvalue weighted by atomic mass is 32.1. The number of carbonyl (C=O) groups is 1. The van der Waals surface area contributed by atoms with Crippen molar-refractivity contribution in [2.75, 3.05) is 5.32 Å². The number of rotatable bonds is 3. The zero-order valence-corrected chi connectivity index (χ0v) is 12.2. The summed E-state index contributed by atoms with van der Waals surface area (Å²) in [4.78, 5) is 14.2. The van der Waals surface area contributed by atoms with Gasteiger partial charge >= 0.3 is 0 Å². The maximum Gasteiger partial charge on any atom is 0.248 e. The highest BCUT2D eigenvalue weighted by Gasteiger charge is 2.02. The van der Waals surface area contributed by atoms with Gasteiger partial charge in [0.1, 0.15) is 0 Å². The van der Waals surface area contributed by atoms with Gasteiger partial charge in [-0.05, 0) is 56.2 Å².